The fourth-order valence-electron chi connectivity index (χ4n) is 3.08. The number of carboxylic acids is 1. The number of hydrogen-bond acceptors (Lipinski definition) is 2. The molecular formula is C16H16ClNO2. The highest BCUT2D eigenvalue weighted by Gasteiger charge is 2.22. The second-order valence-corrected chi connectivity index (χ2v) is 5.94. The van der Waals surface area contributed by atoms with E-state index in [1.165, 1.54) is 12.8 Å². The van der Waals surface area contributed by atoms with Crippen LogP contribution in [0.5, 0.6) is 0 Å². The predicted octanol–water partition coefficient (Wildman–Crippen LogP) is 4.55. The summed E-state index contributed by atoms with van der Waals surface area (Å²) >= 11 is 6.05. The van der Waals surface area contributed by atoms with E-state index in [1.54, 1.807) is 12.1 Å². The Hall–Kier alpha value is -1.61. The van der Waals surface area contributed by atoms with Gasteiger partial charge in [0.25, 0.3) is 0 Å². The van der Waals surface area contributed by atoms with E-state index in [-0.39, 0.29) is 0 Å². The lowest BCUT2D eigenvalue weighted by Crippen LogP contribution is -2.05. The van der Waals surface area contributed by atoms with Gasteiger partial charge in [-0.3, -0.25) is 4.98 Å². The second-order valence-electron chi connectivity index (χ2n) is 5.50. The SMILES string of the molecule is Cc1cc(Cl)cc2c(C(=O)O)cc(C3CCCC3)nc12. The van der Waals surface area contributed by atoms with Gasteiger partial charge >= 0.3 is 5.97 Å². The fourth-order valence-corrected chi connectivity index (χ4v) is 3.36. The minimum atomic E-state index is -0.918. The topological polar surface area (TPSA) is 50.2 Å². The molecule has 1 aliphatic carbocycles. The molecule has 1 aliphatic rings. The van der Waals surface area contributed by atoms with Crippen molar-refractivity contribution in [2.75, 3.05) is 0 Å². The third kappa shape index (κ3) is 2.27. The summed E-state index contributed by atoms with van der Waals surface area (Å²) in [5, 5.41) is 10.6. The van der Waals surface area contributed by atoms with Crippen LogP contribution in [-0.4, -0.2) is 16.1 Å². The van der Waals surface area contributed by atoms with Gasteiger partial charge < -0.3 is 5.11 Å². The van der Waals surface area contributed by atoms with Gasteiger partial charge in [0.15, 0.2) is 0 Å². The van der Waals surface area contributed by atoms with Crippen LogP contribution in [0.2, 0.25) is 5.02 Å². The first kappa shape index (κ1) is 13.4. The molecule has 1 heterocycles. The van der Waals surface area contributed by atoms with Crippen molar-refractivity contribution in [2.45, 2.75) is 38.5 Å². The summed E-state index contributed by atoms with van der Waals surface area (Å²) in [4.78, 5) is 16.3. The van der Waals surface area contributed by atoms with Crippen LogP contribution in [0.1, 0.15) is 53.2 Å². The molecule has 104 valence electrons. The van der Waals surface area contributed by atoms with Crippen LogP contribution in [0.25, 0.3) is 10.9 Å². The van der Waals surface area contributed by atoms with Gasteiger partial charge in [0.2, 0.25) is 0 Å². The molecule has 1 saturated carbocycles. The first-order chi connectivity index (χ1) is 9.56. The van der Waals surface area contributed by atoms with E-state index in [0.717, 1.165) is 29.6 Å². The smallest absolute Gasteiger partial charge is 0.336 e. The molecular weight excluding hydrogens is 274 g/mol. The van der Waals surface area contributed by atoms with Crippen LogP contribution in [0.15, 0.2) is 18.2 Å². The molecule has 0 aliphatic heterocycles. The van der Waals surface area contributed by atoms with Gasteiger partial charge in [-0.1, -0.05) is 24.4 Å². The van der Waals surface area contributed by atoms with E-state index in [2.05, 4.69) is 0 Å². The number of carbonyl (C=O) groups is 1. The number of halogens is 1. The molecule has 0 radical (unpaired) electrons. The molecule has 20 heavy (non-hydrogen) atoms. The molecule has 0 unspecified atom stereocenters. The first-order valence-electron chi connectivity index (χ1n) is 6.90. The zero-order chi connectivity index (χ0) is 14.3. The standard InChI is InChI=1S/C16H16ClNO2/c1-9-6-11(17)7-12-13(16(19)20)8-14(18-15(9)12)10-4-2-3-5-10/h6-8,10H,2-5H2,1H3,(H,19,20). The predicted molar refractivity (Wildman–Crippen MR) is 79.7 cm³/mol. The first-order valence-corrected chi connectivity index (χ1v) is 7.28. The third-order valence-electron chi connectivity index (χ3n) is 4.09. The number of pyridine rings is 1. The number of carboxylic acid groups (broad SMARTS) is 1. The summed E-state index contributed by atoms with van der Waals surface area (Å²) < 4.78 is 0. The van der Waals surface area contributed by atoms with Crippen molar-refractivity contribution in [3.8, 4) is 0 Å². The highest BCUT2D eigenvalue weighted by molar-refractivity contribution is 6.31. The summed E-state index contributed by atoms with van der Waals surface area (Å²) in [7, 11) is 0. The number of rotatable bonds is 2. The van der Waals surface area contributed by atoms with Crippen LogP contribution < -0.4 is 0 Å². The van der Waals surface area contributed by atoms with E-state index in [1.807, 2.05) is 13.0 Å². The fraction of sp³-hybridized carbons (Fsp3) is 0.375. The van der Waals surface area contributed by atoms with Crippen LogP contribution in [-0.2, 0) is 0 Å². The maximum atomic E-state index is 11.5. The van der Waals surface area contributed by atoms with Gasteiger partial charge in [-0.15, -0.1) is 0 Å². The maximum absolute atomic E-state index is 11.5. The van der Waals surface area contributed by atoms with Crippen molar-refractivity contribution in [1.82, 2.24) is 4.98 Å². The quantitative estimate of drug-likeness (QED) is 0.882. The number of fused-ring (bicyclic) bond motifs is 1. The molecule has 1 aromatic heterocycles. The summed E-state index contributed by atoms with van der Waals surface area (Å²) in [5.41, 5.74) is 2.91. The normalized spacial score (nSPS) is 15.9. The molecule has 0 amide bonds. The Kier molecular flexibility index (Phi) is 3.38. The van der Waals surface area contributed by atoms with Crippen molar-refractivity contribution in [1.29, 1.82) is 0 Å². The molecule has 1 fully saturated rings. The van der Waals surface area contributed by atoms with Gasteiger partial charge in [-0.25, -0.2) is 4.79 Å². The van der Waals surface area contributed by atoms with Crippen molar-refractivity contribution >= 4 is 28.5 Å². The molecule has 1 aromatic carbocycles. The van der Waals surface area contributed by atoms with Crippen molar-refractivity contribution < 1.29 is 9.90 Å². The van der Waals surface area contributed by atoms with E-state index in [9.17, 15) is 9.90 Å². The van der Waals surface area contributed by atoms with E-state index in [4.69, 9.17) is 16.6 Å². The van der Waals surface area contributed by atoms with E-state index < -0.39 is 5.97 Å². The maximum Gasteiger partial charge on any atom is 0.336 e. The molecule has 4 heteroatoms. The summed E-state index contributed by atoms with van der Waals surface area (Å²) in [6.07, 6.45) is 4.60. The zero-order valence-corrected chi connectivity index (χ0v) is 12.1. The molecule has 2 aromatic rings. The van der Waals surface area contributed by atoms with E-state index >= 15 is 0 Å². The number of nitrogens with zero attached hydrogens (tertiary/aromatic N) is 1. The van der Waals surface area contributed by atoms with Crippen LogP contribution in [0.4, 0.5) is 0 Å². The number of aromatic carboxylic acids is 1. The lowest BCUT2D eigenvalue weighted by Gasteiger charge is -2.13. The highest BCUT2D eigenvalue weighted by Crippen LogP contribution is 2.35. The molecule has 0 bridgehead atoms. The average Bonchev–Trinajstić information content (AvgIpc) is 2.91. The lowest BCUT2D eigenvalue weighted by atomic mass is 9.98. The van der Waals surface area contributed by atoms with Gasteiger partial charge in [-0.2, -0.15) is 0 Å². The molecule has 0 saturated heterocycles. The number of hydrogen-bond donors (Lipinski definition) is 1. The molecule has 0 spiro atoms. The van der Waals surface area contributed by atoms with Gasteiger partial charge in [0.1, 0.15) is 0 Å². The van der Waals surface area contributed by atoms with Crippen molar-refractivity contribution in [3.05, 3.63) is 40.0 Å². The Morgan fingerprint density at radius 2 is 2.00 bits per heavy atom. The Morgan fingerprint density at radius 3 is 2.65 bits per heavy atom. The van der Waals surface area contributed by atoms with Crippen LogP contribution in [0.3, 0.4) is 0 Å². The minimum Gasteiger partial charge on any atom is -0.478 e. The van der Waals surface area contributed by atoms with E-state index in [0.29, 0.717) is 21.9 Å². The molecule has 3 nitrogen and oxygen atoms in total. The van der Waals surface area contributed by atoms with Crippen molar-refractivity contribution in [2.24, 2.45) is 0 Å². The largest absolute Gasteiger partial charge is 0.478 e. The summed E-state index contributed by atoms with van der Waals surface area (Å²) in [6, 6.07) is 5.26. The number of benzene rings is 1. The minimum absolute atomic E-state index is 0.308. The third-order valence-corrected chi connectivity index (χ3v) is 4.31. The van der Waals surface area contributed by atoms with Gasteiger partial charge in [0.05, 0.1) is 11.1 Å². The number of aryl methyl sites for hydroxylation is 1. The number of aromatic nitrogens is 1. The Morgan fingerprint density at radius 1 is 1.30 bits per heavy atom. The monoisotopic (exact) mass is 289 g/mol. The highest BCUT2D eigenvalue weighted by atomic mass is 35.5. The van der Waals surface area contributed by atoms with Gasteiger partial charge in [0, 0.05) is 22.0 Å². The zero-order valence-electron chi connectivity index (χ0n) is 11.3. The second kappa shape index (κ2) is 5.06. The molecule has 1 N–H and O–H groups in total. The Labute approximate surface area is 122 Å². The summed E-state index contributed by atoms with van der Waals surface area (Å²) in [6.45, 7) is 1.92. The Balaban J connectivity index is 2.27. The lowest BCUT2D eigenvalue weighted by molar-refractivity contribution is 0.0699. The summed E-state index contributed by atoms with van der Waals surface area (Å²) in [5.74, 6) is -0.522. The molecule has 3 rings (SSSR count). The van der Waals surface area contributed by atoms with Crippen molar-refractivity contribution in [3.63, 3.8) is 0 Å². The van der Waals surface area contributed by atoms with Crippen LogP contribution >= 0.6 is 11.6 Å². The van der Waals surface area contributed by atoms with Gasteiger partial charge in [-0.05, 0) is 43.5 Å². The molecule has 0 atom stereocenters. The average molecular weight is 290 g/mol. The Bertz CT molecular complexity index is 690. The van der Waals surface area contributed by atoms with Crippen LogP contribution in [0, 0.1) is 6.92 Å².